The van der Waals surface area contributed by atoms with Gasteiger partial charge in [0.1, 0.15) is 24.1 Å². The molecule has 3 heterocycles. The van der Waals surface area contributed by atoms with Gasteiger partial charge in [0, 0.05) is 18.8 Å². The molecule has 3 fully saturated rings. The molecule has 1 aromatic carbocycles. The van der Waals surface area contributed by atoms with Crippen molar-refractivity contribution in [1.82, 2.24) is 0 Å². The first-order chi connectivity index (χ1) is 10.8. The normalized spacial score (nSPS) is 34.7. The van der Waals surface area contributed by atoms with Crippen LogP contribution in [0.25, 0.3) is 0 Å². The minimum Gasteiger partial charge on any atom is -0.485 e. The van der Waals surface area contributed by atoms with Crippen LogP contribution in [0.4, 0.5) is 5.69 Å². The van der Waals surface area contributed by atoms with Gasteiger partial charge < -0.3 is 29.0 Å². The van der Waals surface area contributed by atoms with Crippen molar-refractivity contribution in [3.63, 3.8) is 0 Å². The van der Waals surface area contributed by atoms with Crippen molar-refractivity contribution in [1.29, 1.82) is 0 Å². The fourth-order valence-electron chi connectivity index (χ4n) is 3.28. The predicted octanol–water partition coefficient (Wildman–Crippen LogP) is 0.429. The summed E-state index contributed by atoms with van der Waals surface area (Å²) < 4.78 is 22.5. The topological polar surface area (TPSA) is 60.4 Å². The van der Waals surface area contributed by atoms with Crippen LogP contribution < -0.4 is 9.64 Å². The SMILES string of the molecule is O[C@@H]1CO[C@H]2[C@@H]1OC[C@H]2Oc1ccc(N2CCOCC2)cc1. The Balaban J connectivity index is 1.39. The average Bonchev–Trinajstić information content (AvgIpc) is 3.13. The molecular weight excluding hydrogens is 286 g/mol. The van der Waals surface area contributed by atoms with Gasteiger partial charge in [-0.25, -0.2) is 0 Å². The molecule has 0 radical (unpaired) electrons. The number of morpholine rings is 1. The average molecular weight is 307 g/mol. The number of anilines is 1. The van der Waals surface area contributed by atoms with E-state index in [0.717, 1.165) is 32.1 Å². The van der Waals surface area contributed by atoms with Crippen LogP contribution in [0.1, 0.15) is 0 Å². The lowest BCUT2D eigenvalue weighted by Gasteiger charge is -2.29. The molecule has 4 atom stereocenters. The fourth-order valence-corrected chi connectivity index (χ4v) is 3.28. The van der Waals surface area contributed by atoms with Crippen molar-refractivity contribution in [2.75, 3.05) is 44.4 Å². The molecule has 3 saturated heterocycles. The summed E-state index contributed by atoms with van der Waals surface area (Å²) in [5, 5.41) is 9.74. The van der Waals surface area contributed by atoms with Crippen LogP contribution in [0.2, 0.25) is 0 Å². The van der Waals surface area contributed by atoms with Crippen LogP contribution in [-0.4, -0.2) is 69.0 Å². The Morgan fingerprint density at radius 1 is 1.00 bits per heavy atom. The summed E-state index contributed by atoms with van der Waals surface area (Å²) >= 11 is 0. The van der Waals surface area contributed by atoms with Gasteiger partial charge in [0.15, 0.2) is 6.10 Å². The molecule has 0 unspecified atom stereocenters. The van der Waals surface area contributed by atoms with Crippen molar-refractivity contribution < 1.29 is 24.1 Å². The van der Waals surface area contributed by atoms with Crippen molar-refractivity contribution in [2.45, 2.75) is 24.4 Å². The summed E-state index contributed by atoms with van der Waals surface area (Å²) in [6.07, 6.45) is -1.12. The first-order valence-electron chi connectivity index (χ1n) is 7.82. The highest BCUT2D eigenvalue weighted by Crippen LogP contribution is 2.30. The van der Waals surface area contributed by atoms with E-state index in [1.54, 1.807) is 0 Å². The molecule has 1 aromatic rings. The number of aliphatic hydroxyl groups excluding tert-OH is 1. The maximum absolute atomic E-state index is 9.74. The Hall–Kier alpha value is -1.34. The van der Waals surface area contributed by atoms with Gasteiger partial charge in [-0.3, -0.25) is 0 Å². The van der Waals surface area contributed by atoms with Crippen molar-refractivity contribution in [3.05, 3.63) is 24.3 Å². The Morgan fingerprint density at radius 2 is 1.73 bits per heavy atom. The number of rotatable bonds is 3. The van der Waals surface area contributed by atoms with E-state index in [-0.39, 0.29) is 18.3 Å². The third kappa shape index (κ3) is 2.67. The predicted molar refractivity (Wildman–Crippen MR) is 79.4 cm³/mol. The van der Waals surface area contributed by atoms with Gasteiger partial charge in [-0.15, -0.1) is 0 Å². The molecule has 0 aromatic heterocycles. The molecule has 4 rings (SSSR count). The molecule has 3 aliphatic rings. The van der Waals surface area contributed by atoms with E-state index in [9.17, 15) is 5.11 Å². The van der Waals surface area contributed by atoms with Gasteiger partial charge in [-0.05, 0) is 24.3 Å². The number of aliphatic hydroxyl groups is 1. The fraction of sp³-hybridized carbons (Fsp3) is 0.625. The van der Waals surface area contributed by atoms with Crippen LogP contribution >= 0.6 is 0 Å². The number of benzene rings is 1. The Labute approximate surface area is 129 Å². The van der Waals surface area contributed by atoms with Gasteiger partial charge in [-0.2, -0.15) is 0 Å². The van der Waals surface area contributed by atoms with Gasteiger partial charge in [0.2, 0.25) is 0 Å². The minimum atomic E-state index is -0.540. The lowest BCUT2D eigenvalue weighted by molar-refractivity contribution is 0.00863. The second kappa shape index (κ2) is 6.04. The lowest BCUT2D eigenvalue weighted by Crippen LogP contribution is -2.36. The molecule has 6 nitrogen and oxygen atoms in total. The van der Waals surface area contributed by atoms with E-state index < -0.39 is 6.10 Å². The highest BCUT2D eigenvalue weighted by Gasteiger charge is 2.48. The zero-order valence-corrected chi connectivity index (χ0v) is 12.4. The Kier molecular flexibility index (Phi) is 3.92. The van der Waals surface area contributed by atoms with Crippen molar-refractivity contribution >= 4 is 5.69 Å². The minimum absolute atomic E-state index is 0.156. The monoisotopic (exact) mass is 307 g/mol. The van der Waals surface area contributed by atoms with Crippen LogP contribution in [0.5, 0.6) is 5.75 Å². The van der Waals surface area contributed by atoms with Crippen molar-refractivity contribution in [3.8, 4) is 5.75 Å². The molecule has 6 heteroatoms. The molecule has 0 amide bonds. The molecule has 3 aliphatic heterocycles. The summed E-state index contributed by atoms with van der Waals surface area (Å²) in [7, 11) is 0. The molecule has 0 saturated carbocycles. The van der Waals surface area contributed by atoms with Crippen LogP contribution in [0, 0.1) is 0 Å². The third-order valence-electron chi connectivity index (χ3n) is 4.48. The molecule has 1 N–H and O–H groups in total. The number of hydrogen-bond acceptors (Lipinski definition) is 6. The molecule has 120 valence electrons. The Morgan fingerprint density at radius 3 is 2.50 bits per heavy atom. The summed E-state index contributed by atoms with van der Waals surface area (Å²) in [5.41, 5.74) is 1.18. The van der Waals surface area contributed by atoms with E-state index >= 15 is 0 Å². The van der Waals surface area contributed by atoms with E-state index in [1.807, 2.05) is 12.1 Å². The van der Waals surface area contributed by atoms with Gasteiger partial charge in [0.05, 0.1) is 26.4 Å². The summed E-state index contributed by atoms with van der Waals surface area (Å²) in [4.78, 5) is 2.30. The van der Waals surface area contributed by atoms with Gasteiger partial charge >= 0.3 is 0 Å². The zero-order chi connectivity index (χ0) is 14.9. The van der Waals surface area contributed by atoms with Crippen LogP contribution in [0.3, 0.4) is 0 Å². The van der Waals surface area contributed by atoms with E-state index in [4.69, 9.17) is 18.9 Å². The van der Waals surface area contributed by atoms with Crippen molar-refractivity contribution in [2.24, 2.45) is 0 Å². The molecule has 0 bridgehead atoms. The van der Waals surface area contributed by atoms with E-state index in [1.165, 1.54) is 5.69 Å². The van der Waals surface area contributed by atoms with Crippen LogP contribution in [-0.2, 0) is 14.2 Å². The number of fused-ring (bicyclic) bond motifs is 1. The van der Waals surface area contributed by atoms with Gasteiger partial charge in [0.25, 0.3) is 0 Å². The maximum atomic E-state index is 9.74. The molecular formula is C16H21NO5. The summed E-state index contributed by atoms with van der Waals surface area (Å²) in [5.74, 6) is 0.802. The number of ether oxygens (including phenoxy) is 4. The molecule has 0 spiro atoms. The quantitative estimate of drug-likeness (QED) is 0.874. The maximum Gasteiger partial charge on any atom is 0.151 e. The zero-order valence-electron chi connectivity index (χ0n) is 12.4. The standard InChI is InChI=1S/C16H21NO5/c18-13-9-20-16-14(10-21-15(13)16)22-12-3-1-11(2-4-12)17-5-7-19-8-6-17/h1-4,13-16,18H,5-10H2/t13-,14-,15-,16-/m1/s1. The number of hydrogen-bond donors (Lipinski definition) is 1. The third-order valence-corrected chi connectivity index (χ3v) is 4.48. The van der Waals surface area contributed by atoms with Gasteiger partial charge in [-0.1, -0.05) is 0 Å². The second-order valence-electron chi connectivity index (χ2n) is 5.91. The first-order valence-corrected chi connectivity index (χ1v) is 7.82. The number of nitrogens with zero attached hydrogens (tertiary/aromatic N) is 1. The molecule has 22 heavy (non-hydrogen) atoms. The van der Waals surface area contributed by atoms with E-state index in [2.05, 4.69) is 17.0 Å². The highest BCUT2D eigenvalue weighted by molar-refractivity contribution is 5.49. The second-order valence-corrected chi connectivity index (χ2v) is 5.91. The smallest absolute Gasteiger partial charge is 0.151 e. The highest BCUT2D eigenvalue weighted by atomic mass is 16.6. The summed E-state index contributed by atoms with van der Waals surface area (Å²) in [6.45, 7) is 4.18. The Bertz CT molecular complexity index is 502. The summed E-state index contributed by atoms with van der Waals surface area (Å²) in [6, 6.07) is 8.09. The molecule has 0 aliphatic carbocycles. The largest absolute Gasteiger partial charge is 0.485 e. The van der Waals surface area contributed by atoms with E-state index in [0.29, 0.717) is 13.2 Å². The lowest BCUT2D eigenvalue weighted by atomic mass is 10.1. The first kappa shape index (κ1) is 14.3. The van der Waals surface area contributed by atoms with Crippen LogP contribution in [0.15, 0.2) is 24.3 Å².